The highest BCUT2D eigenvalue weighted by atomic mass is 79.9. The number of pyridine rings is 1. The van der Waals surface area contributed by atoms with Gasteiger partial charge >= 0.3 is 6.36 Å². The summed E-state index contributed by atoms with van der Waals surface area (Å²) in [5.41, 5.74) is 3.48. The van der Waals surface area contributed by atoms with E-state index >= 15 is 0 Å². The van der Waals surface area contributed by atoms with Crippen molar-refractivity contribution < 1.29 is 22.7 Å². The van der Waals surface area contributed by atoms with Crippen LogP contribution >= 0.6 is 15.9 Å². The second kappa shape index (κ2) is 8.63. The number of ether oxygens (including phenoxy) is 1. The number of hydrogen-bond acceptors (Lipinski definition) is 3. The lowest BCUT2D eigenvalue weighted by atomic mass is 9.97. The first kappa shape index (κ1) is 21.8. The molecule has 0 aliphatic heterocycles. The zero-order chi connectivity index (χ0) is 22.9. The van der Waals surface area contributed by atoms with Gasteiger partial charge in [0.25, 0.3) is 5.91 Å². The molecule has 4 aromatic rings. The maximum Gasteiger partial charge on any atom is 0.573 e. The van der Waals surface area contributed by atoms with Crippen molar-refractivity contribution in [2.24, 2.45) is 0 Å². The first-order valence-electron chi connectivity index (χ1n) is 9.45. The van der Waals surface area contributed by atoms with Crippen molar-refractivity contribution in [2.75, 3.05) is 5.32 Å². The van der Waals surface area contributed by atoms with Gasteiger partial charge in [0.05, 0.1) is 16.8 Å². The third kappa shape index (κ3) is 4.75. The van der Waals surface area contributed by atoms with Crippen LogP contribution in [0.2, 0.25) is 0 Å². The van der Waals surface area contributed by atoms with Crippen molar-refractivity contribution in [3.8, 4) is 17.0 Å². The molecule has 1 N–H and O–H groups in total. The molecule has 1 radical (unpaired) electrons. The zero-order valence-electron chi connectivity index (χ0n) is 16.6. The van der Waals surface area contributed by atoms with Gasteiger partial charge in [-0.25, -0.2) is 4.98 Å². The van der Waals surface area contributed by atoms with Crippen molar-refractivity contribution in [2.45, 2.75) is 13.3 Å². The maximum absolute atomic E-state index is 13.3. The van der Waals surface area contributed by atoms with Gasteiger partial charge in [-0.3, -0.25) is 4.79 Å². The molecule has 0 aliphatic carbocycles. The number of alkyl halides is 3. The van der Waals surface area contributed by atoms with Crippen LogP contribution in [0.15, 0.2) is 71.2 Å². The number of hydrogen-bond donors (Lipinski definition) is 1. The van der Waals surface area contributed by atoms with Gasteiger partial charge in [0.2, 0.25) is 0 Å². The SMILES string of the molecule is Cc1c(-c2ccccc2)nc2ccc(Br)cc2c1C(=O)Nc1[c]cc(OC(F)(F)F)cc1. The van der Waals surface area contributed by atoms with Crippen LogP contribution in [0.4, 0.5) is 18.9 Å². The van der Waals surface area contributed by atoms with Gasteiger partial charge in [-0.05, 0) is 48.9 Å². The predicted octanol–water partition coefficient (Wildman–Crippen LogP) is 6.92. The van der Waals surface area contributed by atoms with Gasteiger partial charge in [0.1, 0.15) is 5.75 Å². The highest BCUT2D eigenvalue weighted by molar-refractivity contribution is 9.10. The molecule has 8 heteroatoms. The summed E-state index contributed by atoms with van der Waals surface area (Å²) in [5.74, 6) is -0.845. The van der Waals surface area contributed by atoms with Crippen molar-refractivity contribution in [1.82, 2.24) is 4.98 Å². The molecule has 0 atom stereocenters. The van der Waals surface area contributed by atoms with Crippen LogP contribution in [0.25, 0.3) is 22.2 Å². The third-order valence-corrected chi connectivity index (χ3v) is 5.22. The van der Waals surface area contributed by atoms with E-state index in [1.807, 2.05) is 55.5 Å². The van der Waals surface area contributed by atoms with E-state index in [1.165, 1.54) is 6.07 Å². The third-order valence-electron chi connectivity index (χ3n) is 4.73. The first-order valence-corrected chi connectivity index (χ1v) is 10.2. The summed E-state index contributed by atoms with van der Waals surface area (Å²) < 4.78 is 41.7. The van der Waals surface area contributed by atoms with E-state index in [1.54, 1.807) is 0 Å². The zero-order valence-corrected chi connectivity index (χ0v) is 18.2. The standard InChI is InChI=1S/C24H15BrF3N2O2/c1-14-21(23(31)29-17-8-10-18(11-9-17)32-24(26,27)28)19-13-16(25)7-12-20(19)30-22(14)15-5-3-2-4-6-15/h2-8,10-13H,1H3,(H,29,31). The Hall–Kier alpha value is -3.39. The molecule has 32 heavy (non-hydrogen) atoms. The number of carbonyl (C=O) groups excluding carboxylic acids is 1. The number of nitrogens with zero attached hydrogens (tertiary/aromatic N) is 1. The van der Waals surface area contributed by atoms with Gasteiger partial charge in [0.15, 0.2) is 0 Å². The minimum Gasteiger partial charge on any atom is -0.406 e. The molecule has 0 saturated heterocycles. The highest BCUT2D eigenvalue weighted by Crippen LogP contribution is 2.32. The molecule has 4 nitrogen and oxygen atoms in total. The average Bonchev–Trinajstić information content (AvgIpc) is 2.74. The van der Waals surface area contributed by atoms with E-state index in [0.717, 1.165) is 22.2 Å². The molecule has 1 heterocycles. The number of halogens is 4. The minimum atomic E-state index is -4.80. The Labute approximate surface area is 190 Å². The topological polar surface area (TPSA) is 51.2 Å². The van der Waals surface area contributed by atoms with E-state index < -0.39 is 18.0 Å². The van der Waals surface area contributed by atoms with Crippen LogP contribution in [0.1, 0.15) is 15.9 Å². The Balaban J connectivity index is 1.75. The molecule has 0 aliphatic rings. The van der Waals surface area contributed by atoms with Gasteiger partial charge in [-0.15, -0.1) is 13.2 Å². The fraction of sp³-hybridized carbons (Fsp3) is 0.0833. The number of anilines is 1. The van der Waals surface area contributed by atoms with Crippen molar-refractivity contribution in [3.63, 3.8) is 0 Å². The second-order valence-electron chi connectivity index (χ2n) is 6.93. The van der Waals surface area contributed by atoms with Gasteiger partial charge in [-0.1, -0.05) is 46.3 Å². The number of benzene rings is 3. The summed E-state index contributed by atoms with van der Waals surface area (Å²) in [6.07, 6.45) is -4.80. The lowest BCUT2D eigenvalue weighted by Crippen LogP contribution is -2.17. The number of aromatic nitrogens is 1. The number of amides is 1. The highest BCUT2D eigenvalue weighted by Gasteiger charge is 2.31. The molecule has 0 saturated carbocycles. The Morgan fingerprint density at radius 2 is 1.84 bits per heavy atom. The number of rotatable bonds is 4. The normalized spacial score (nSPS) is 11.4. The average molecular weight is 500 g/mol. The lowest BCUT2D eigenvalue weighted by molar-refractivity contribution is -0.274. The number of fused-ring (bicyclic) bond motifs is 1. The van der Waals surface area contributed by atoms with Crippen LogP contribution in [0.3, 0.4) is 0 Å². The van der Waals surface area contributed by atoms with Crippen LogP contribution in [0.5, 0.6) is 5.75 Å². The van der Waals surface area contributed by atoms with Crippen molar-refractivity contribution >= 4 is 38.4 Å². The van der Waals surface area contributed by atoms with Crippen molar-refractivity contribution in [1.29, 1.82) is 0 Å². The van der Waals surface area contributed by atoms with Crippen LogP contribution in [-0.2, 0) is 0 Å². The molecule has 4 rings (SSSR count). The van der Waals surface area contributed by atoms with Crippen molar-refractivity contribution in [3.05, 3.63) is 88.4 Å². The Morgan fingerprint density at radius 1 is 1.09 bits per heavy atom. The molecule has 1 aromatic heterocycles. The summed E-state index contributed by atoms with van der Waals surface area (Å²) in [6.45, 7) is 1.81. The van der Waals surface area contributed by atoms with Crippen LogP contribution in [-0.4, -0.2) is 17.3 Å². The van der Waals surface area contributed by atoms with Gasteiger partial charge in [0, 0.05) is 27.2 Å². The minimum absolute atomic E-state index is 0.213. The fourth-order valence-electron chi connectivity index (χ4n) is 3.37. The second-order valence-corrected chi connectivity index (χ2v) is 7.84. The van der Waals surface area contributed by atoms with Gasteiger partial charge < -0.3 is 10.1 Å². The Kier molecular flexibility index (Phi) is 5.88. The predicted molar refractivity (Wildman–Crippen MR) is 120 cm³/mol. The Morgan fingerprint density at radius 3 is 2.50 bits per heavy atom. The maximum atomic E-state index is 13.3. The molecule has 161 valence electrons. The lowest BCUT2D eigenvalue weighted by Gasteiger charge is -2.15. The molecular formula is C24H15BrF3N2O2. The Bertz CT molecular complexity index is 1290. The molecule has 0 bridgehead atoms. The van der Waals surface area contributed by atoms with Gasteiger partial charge in [-0.2, -0.15) is 0 Å². The molecule has 0 unspecified atom stereocenters. The van der Waals surface area contributed by atoms with E-state index in [2.05, 4.69) is 32.0 Å². The quantitative estimate of drug-likeness (QED) is 0.331. The van der Waals surface area contributed by atoms with E-state index in [4.69, 9.17) is 4.98 Å². The molecule has 3 aromatic carbocycles. The summed E-state index contributed by atoms with van der Waals surface area (Å²) in [6, 6.07) is 21.0. The summed E-state index contributed by atoms with van der Waals surface area (Å²) in [5, 5.41) is 3.35. The monoisotopic (exact) mass is 499 g/mol. The molecular weight excluding hydrogens is 485 g/mol. The summed E-state index contributed by atoms with van der Waals surface area (Å²) in [7, 11) is 0. The van der Waals surface area contributed by atoms with Crippen LogP contribution < -0.4 is 10.1 Å². The molecule has 0 fully saturated rings. The molecule has 1 amide bonds. The van der Waals surface area contributed by atoms with E-state index in [9.17, 15) is 18.0 Å². The number of nitrogens with one attached hydrogen (secondary N) is 1. The van der Waals surface area contributed by atoms with E-state index in [-0.39, 0.29) is 5.69 Å². The smallest absolute Gasteiger partial charge is 0.406 e. The largest absolute Gasteiger partial charge is 0.573 e. The summed E-state index contributed by atoms with van der Waals surface area (Å²) >= 11 is 3.43. The van der Waals surface area contributed by atoms with Crippen LogP contribution in [0, 0.1) is 13.0 Å². The number of carbonyl (C=O) groups is 1. The first-order chi connectivity index (χ1) is 15.2. The summed E-state index contributed by atoms with van der Waals surface area (Å²) in [4.78, 5) is 18.0. The molecule has 0 spiro atoms. The van der Waals surface area contributed by atoms with E-state index in [0.29, 0.717) is 27.7 Å². The fourth-order valence-corrected chi connectivity index (χ4v) is 3.73.